The zero-order chi connectivity index (χ0) is 21.5. The fourth-order valence-corrected chi connectivity index (χ4v) is 4.61. The molecule has 6 nitrogen and oxygen atoms in total. The van der Waals surface area contributed by atoms with Gasteiger partial charge in [0.2, 0.25) is 11.8 Å². The Balaban J connectivity index is 1.25. The van der Waals surface area contributed by atoms with Gasteiger partial charge < -0.3 is 10.2 Å². The van der Waals surface area contributed by atoms with Gasteiger partial charge in [-0.05, 0) is 36.3 Å². The lowest BCUT2D eigenvalue weighted by Gasteiger charge is -2.35. The third-order valence-corrected chi connectivity index (χ3v) is 6.79. The van der Waals surface area contributed by atoms with E-state index in [4.69, 9.17) is 0 Å². The summed E-state index contributed by atoms with van der Waals surface area (Å²) in [7, 11) is 0. The highest BCUT2D eigenvalue weighted by Gasteiger charge is 2.26. The second kappa shape index (κ2) is 10.9. The zero-order valence-corrected chi connectivity index (χ0v) is 18.9. The summed E-state index contributed by atoms with van der Waals surface area (Å²) in [6.07, 6.45) is 3.10. The topological polar surface area (TPSA) is 55.9 Å². The fourth-order valence-electron chi connectivity index (χ4n) is 3.89. The summed E-state index contributed by atoms with van der Waals surface area (Å²) in [4.78, 5) is 32.8. The molecule has 2 aliphatic rings. The maximum Gasteiger partial charge on any atom is 0.237 e. The fraction of sp³-hybridized carbons (Fsp3) is 0.500. The maximum atomic E-state index is 13.2. The van der Waals surface area contributed by atoms with Crippen LogP contribution in [-0.4, -0.2) is 78.4 Å². The van der Waals surface area contributed by atoms with Crippen LogP contribution in [-0.2, 0) is 22.6 Å². The first-order chi connectivity index (χ1) is 15.2. The lowest BCUT2D eigenvalue weighted by atomic mass is 10.1. The van der Waals surface area contributed by atoms with E-state index in [0.717, 1.165) is 52.0 Å². The van der Waals surface area contributed by atoms with Gasteiger partial charge in [0, 0.05) is 43.6 Å². The van der Waals surface area contributed by atoms with Crippen LogP contribution >= 0.6 is 11.3 Å². The van der Waals surface area contributed by atoms with Crippen molar-refractivity contribution in [2.24, 2.45) is 0 Å². The standard InChI is InChI=1S/C24H32N4O2S/c29-23(25-21-8-9-21)18-26-12-14-27(15-13-26)19-24(30)28(17-22-7-4-16-31-22)11-10-20-5-2-1-3-6-20/h1-7,16,21H,8-15,17-19H2,(H,25,29). The molecule has 1 saturated heterocycles. The first-order valence-electron chi connectivity index (χ1n) is 11.2. The molecule has 7 heteroatoms. The van der Waals surface area contributed by atoms with Gasteiger partial charge in [-0.3, -0.25) is 19.4 Å². The molecule has 1 N–H and O–H groups in total. The molecule has 1 aliphatic heterocycles. The van der Waals surface area contributed by atoms with Crippen LogP contribution in [0.15, 0.2) is 47.8 Å². The number of thiophene rings is 1. The van der Waals surface area contributed by atoms with Crippen molar-refractivity contribution < 1.29 is 9.59 Å². The molecule has 1 saturated carbocycles. The molecule has 1 aliphatic carbocycles. The Morgan fingerprint density at radius 1 is 0.968 bits per heavy atom. The summed E-state index contributed by atoms with van der Waals surface area (Å²) < 4.78 is 0. The van der Waals surface area contributed by atoms with Gasteiger partial charge >= 0.3 is 0 Å². The number of nitrogens with one attached hydrogen (secondary N) is 1. The number of amides is 2. The zero-order valence-electron chi connectivity index (χ0n) is 18.0. The van der Waals surface area contributed by atoms with Crippen LogP contribution in [0.2, 0.25) is 0 Å². The molecule has 1 aromatic carbocycles. The molecule has 0 spiro atoms. The molecule has 31 heavy (non-hydrogen) atoms. The quantitative estimate of drug-likeness (QED) is 0.616. The largest absolute Gasteiger partial charge is 0.352 e. The van der Waals surface area contributed by atoms with Crippen molar-refractivity contribution in [1.82, 2.24) is 20.0 Å². The number of benzene rings is 1. The van der Waals surface area contributed by atoms with Crippen molar-refractivity contribution >= 4 is 23.2 Å². The van der Waals surface area contributed by atoms with Gasteiger partial charge in [-0.1, -0.05) is 36.4 Å². The van der Waals surface area contributed by atoms with E-state index in [1.54, 1.807) is 11.3 Å². The first kappa shape index (κ1) is 22.0. The lowest BCUT2D eigenvalue weighted by Crippen LogP contribution is -2.52. The first-order valence-corrected chi connectivity index (χ1v) is 12.1. The summed E-state index contributed by atoms with van der Waals surface area (Å²) in [6.45, 7) is 5.64. The van der Waals surface area contributed by atoms with Gasteiger partial charge in [-0.25, -0.2) is 0 Å². The molecule has 2 fully saturated rings. The molecular formula is C24H32N4O2S. The van der Waals surface area contributed by atoms with Crippen molar-refractivity contribution in [2.75, 3.05) is 45.8 Å². The molecule has 0 radical (unpaired) electrons. The number of carbonyl (C=O) groups is 2. The van der Waals surface area contributed by atoms with E-state index in [-0.39, 0.29) is 11.8 Å². The molecule has 1 aromatic heterocycles. The summed E-state index contributed by atoms with van der Waals surface area (Å²) in [5.74, 6) is 0.319. The Bertz CT molecular complexity index is 831. The van der Waals surface area contributed by atoms with Gasteiger partial charge in [0.1, 0.15) is 0 Å². The SMILES string of the molecule is O=C(CN1CCN(CC(=O)N(CCc2ccccc2)Cc2cccs2)CC1)NC1CC1. The van der Waals surface area contributed by atoms with Gasteiger partial charge in [0.25, 0.3) is 0 Å². The van der Waals surface area contributed by atoms with E-state index < -0.39 is 0 Å². The molecule has 166 valence electrons. The highest BCUT2D eigenvalue weighted by atomic mass is 32.1. The monoisotopic (exact) mass is 440 g/mol. The van der Waals surface area contributed by atoms with E-state index in [1.807, 2.05) is 29.2 Å². The summed E-state index contributed by atoms with van der Waals surface area (Å²) in [5.41, 5.74) is 1.25. The minimum absolute atomic E-state index is 0.134. The summed E-state index contributed by atoms with van der Waals surface area (Å²) in [6, 6.07) is 14.9. The van der Waals surface area contributed by atoms with Crippen LogP contribution in [0.25, 0.3) is 0 Å². The number of piperazine rings is 1. The van der Waals surface area contributed by atoms with E-state index >= 15 is 0 Å². The molecule has 0 unspecified atom stereocenters. The van der Waals surface area contributed by atoms with E-state index in [9.17, 15) is 9.59 Å². The van der Waals surface area contributed by atoms with Crippen molar-refractivity contribution in [3.05, 3.63) is 58.3 Å². The number of rotatable bonds is 10. The average Bonchev–Trinajstić information content (AvgIpc) is 3.43. The van der Waals surface area contributed by atoms with Crippen molar-refractivity contribution in [3.8, 4) is 0 Å². The Morgan fingerprint density at radius 2 is 1.68 bits per heavy atom. The molecule has 0 atom stereocenters. The Hall–Kier alpha value is -2.22. The number of hydrogen-bond donors (Lipinski definition) is 1. The average molecular weight is 441 g/mol. The Morgan fingerprint density at radius 3 is 2.32 bits per heavy atom. The normalized spacial score (nSPS) is 17.4. The number of nitrogens with zero attached hydrogens (tertiary/aromatic N) is 3. The van der Waals surface area contributed by atoms with E-state index in [1.165, 1.54) is 10.4 Å². The van der Waals surface area contributed by atoms with Crippen LogP contribution in [0.5, 0.6) is 0 Å². The summed E-state index contributed by atoms with van der Waals surface area (Å²) in [5, 5.41) is 5.12. The predicted octanol–water partition coefficient (Wildman–Crippen LogP) is 2.22. The minimum atomic E-state index is 0.134. The van der Waals surface area contributed by atoms with Crippen LogP contribution in [0.3, 0.4) is 0 Å². The predicted molar refractivity (Wildman–Crippen MR) is 124 cm³/mol. The van der Waals surface area contributed by atoms with Crippen LogP contribution in [0.1, 0.15) is 23.3 Å². The minimum Gasteiger partial charge on any atom is -0.352 e. The van der Waals surface area contributed by atoms with E-state index in [0.29, 0.717) is 25.7 Å². The van der Waals surface area contributed by atoms with E-state index in [2.05, 4.69) is 38.7 Å². The van der Waals surface area contributed by atoms with Crippen LogP contribution in [0, 0.1) is 0 Å². The smallest absolute Gasteiger partial charge is 0.237 e. The van der Waals surface area contributed by atoms with Crippen molar-refractivity contribution in [1.29, 1.82) is 0 Å². The molecule has 0 bridgehead atoms. The third kappa shape index (κ3) is 7.16. The maximum absolute atomic E-state index is 13.2. The van der Waals surface area contributed by atoms with Crippen LogP contribution < -0.4 is 5.32 Å². The second-order valence-electron chi connectivity index (χ2n) is 8.52. The van der Waals surface area contributed by atoms with Crippen LogP contribution in [0.4, 0.5) is 0 Å². The number of hydrogen-bond acceptors (Lipinski definition) is 5. The molecule has 2 aromatic rings. The van der Waals surface area contributed by atoms with Gasteiger partial charge in [-0.2, -0.15) is 0 Å². The molecular weight excluding hydrogens is 408 g/mol. The highest BCUT2D eigenvalue weighted by molar-refractivity contribution is 7.09. The van der Waals surface area contributed by atoms with Gasteiger partial charge in [0.15, 0.2) is 0 Å². The summed E-state index contributed by atoms with van der Waals surface area (Å²) >= 11 is 1.70. The second-order valence-corrected chi connectivity index (χ2v) is 9.56. The third-order valence-electron chi connectivity index (χ3n) is 5.93. The Kier molecular flexibility index (Phi) is 7.72. The van der Waals surface area contributed by atoms with Gasteiger partial charge in [-0.15, -0.1) is 11.3 Å². The lowest BCUT2D eigenvalue weighted by molar-refractivity contribution is -0.133. The highest BCUT2D eigenvalue weighted by Crippen LogP contribution is 2.18. The molecule has 2 heterocycles. The van der Waals surface area contributed by atoms with Gasteiger partial charge in [0.05, 0.1) is 19.6 Å². The molecule has 4 rings (SSSR count). The number of carbonyl (C=O) groups excluding carboxylic acids is 2. The molecule has 2 amide bonds. The van der Waals surface area contributed by atoms with Crippen molar-refractivity contribution in [2.45, 2.75) is 31.8 Å². The van der Waals surface area contributed by atoms with Crippen molar-refractivity contribution in [3.63, 3.8) is 0 Å². The Labute approximate surface area is 188 Å².